The van der Waals surface area contributed by atoms with Crippen LogP contribution in [0.2, 0.25) is 0 Å². The Kier molecular flexibility index (Phi) is 4.37. The van der Waals surface area contributed by atoms with Crippen molar-refractivity contribution in [3.63, 3.8) is 0 Å². The van der Waals surface area contributed by atoms with Crippen molar-refractivity contribution in [3.8, 4) is 11.5 Å². The van der Waals surface area contributed by atoms with E-state index in [-0.39, 0.29) is 12.1 Å². The molecule has 0 radical (unpaired) electrons. The van der Waals surface area contributed by atoms with Gasteiger partial charge in [0.2, 0.25) is 0 Å². The van der Waals surface area contributed by atoms with Crippen LogP contribution < -0.4 is 20.1 Å². The third-order valence-electron chi connectivity index (χ3n) is 3.79. The molecule has 5 nitrogen and oxygen atoms in total. The van der Waals surface area contributed by atoms with Crippen molar-refractivity contribution in [1.29, 1.82) is 0 Å². The van der Waals surface area contributed by atoms with E-state index >= 15 is 0 Å². The van der Waals surface area contributed by atoms with Gasteiger partial charge in [0, 0.05) is 5.69 Å². The monoisotopic (exact) mass is 312 g/mol. The quantitative estimate of drug-likeness (QED) is 0.915. The molecule has 2 aromatic carbocycles. The number of hydrogen-bond acceptors (Lipinski definition) is 3. The Hall–Kier alpha value is -2.69. The first-order chi connectivity index (χ1) is 11.1. The van der Waals surface area contributed by atoms with Crippen LogP contribution in [0.15, 0.2) is 42.5 Å². The SMILES string of the molecule is COc1ccc2c(c1)C[C@@H](NC(=O)Nc1cccc(C)c1)CO2. The maximum Gasteiger partial charge on any atom is 0.319 e. The van der Waals surface area contributed by atoms with Gasteiger partial charge in [-0.1, -0.05) is 12.1 Å². The molecular weight excluding hydrogens is 292 g/mol. The number of aryl methyl sites for hydroxylation is 1. The highest BCUT2D eigenvalue weighted by molar-refractivity contribution is 5.89. The van der Waals surface area contributed by atoms with Gasteiger partial charge in [-0.3, -0.25) is 0 Å². The maximum atomic E-state index is 12.1. The van der Waals surface area contributed by atoms with Crippen molar-refractivity contribution in [3.05, 3.63) is 53.6 Å². The van der Waals surface area contributed by atoms with Gasteiger partial charge in [0.05, 0.1) is 13.2 Å². The molecule has 1 atom stereocenters. The fraction of sp³-hybridized carbons (Fsp3) is 0.278. The van der Waals surface area contributed by atoms with Gasteiger partial charge in [-0.25, -0.2) is 4.79 Å². The molecule has 3 rings (SSSR count). The number of carbonyl (C=O) groups excluding carboxylic acids is 1. The molecule has 0 unspecified atom stereocenters. The van der Waals surface area contributed by atoms with Crippen molar-refractivity contribution in [2.45, 2.75) is 19.4 Å². The standard InChI is InChI=1S/C18H20N2O3/c1-12-4-3-5-14(8-12)19-18(21)20-15-9-13-10-16(22-2)6-7-17(13)23-11-15/h3-8,10,15H,9,11H2,1-2H3,(H2,19,20,21)/t15-/m1/s1. The molecule has 0 aliphatic carbocycles. The van der Waals surface area contributed by atoms with E-state index < -0.39 is 0 Å². The molecule has 1 aliphatic rings. The summed E-state index contributed by atoms with van der Waals surface area (Å²) >= 11 is 0. The lowest BCUT2D eigenvalue weighted by Crippen LogP contribution is -2.44. The van der Waals surface area contributed by atoms with E-state index in [4.69, 9.17) is 9.47 Å². The third kappa shape index (κ3) is 3.74. The van der Waals surface area contributed by atoms with Gasteiger partial charge in [0.1, 0.15) is 18.1 Å². The second-order valence-electron chi connectivity index (χ2n) is 5.65. The number of ether oxygens (including phenoxy) is 2. The van der Waals surface area contributed by atoms with E-state index in [1.54, 1.807) is 7.11 Å². The van der Waals surface area contributed by atoms with Gasteiger partial charge in [0.15, 0.2) is 0 Å². The average Bonchev–Trinajstić information content (AvgIpc) is 2.54. The first-order valence-corrected chi connectivity index (χ1v) is 7.58. The number of nitrogens with one attached hydrogen (secondary N) is 2. The zero-order chi connectivity index (χ0) is 16.2. The van der Waals surface area contributed by atoms with E-state index in [2.05, 4.69) is 10.6 Å². The number of urea groups is 1. The van der Waals surface area contributed by atoms with Crippen LogP contribution in [0, 0.1) is 6.92 Å². The molecular formula is C18H20N2O3. The number of methoxy groups -OCH3 is 1. The fourth-order valence-corrected chi connectivity index (χ4v) is 2.67. The highest BCUT2D eigenvalue weighted by Gasteiger charge is 2.22. The zero-order valence-corrected chi connectivity index (χ0v) is 13.3. The average molecular weight is 312 g/mol. The van der Waals surface area contributed by atoms with Crippen LogP contribution in [-0.4, -0.2) is 25.8 Å². The van der Waals surface area contributed by atoms with Gasteiger partial charge in [-0.2, -0.15) is 0 Å². The van der Waals surface area contributed by atoms with Crippen molar-refractivity contribution in [2.75, 3.05) is 19.0 Å². The molecule has 0 bridgehead atoms. The van der Waals surface area contributed by atoms with E-state index in [9.17, 15) is 4.79 Å². The molecule has 5 heteroatoms. The summed E-state index contributed by atoms with van der Waals surface area (Å²) in [6.07, 6.45) is 0.716. The van der Waals surface area contributed by atoms with Gasteiger partial charge in [-0.15, -0.1) is 0 Å². The molecule has 0 spiro atoms. The summed E-state index contributed by atoms with van der Waals surface area (Å²) in [6.45, 7) is 2.45. The lowest BCUT2D eigenvalue weighted by atomic mass is 10.0. The fourth-order valence-electron chi connectivity index (χ4n) is 2.67. The van der Waals surface area contributed by atoms with Crippen LogP contribution in [0.1, 0.15) is 11.1 Å². The van der Waals surface area contributed by atoms with Crippen LogP contribution in [0.3, 0.4) is 0 Å². The lowest BCUT2D eigenvalue weighted by Gasteiger charge is -2.26. The van der Waals surface area contributed by atoms with Crippen molar-refractivity contribution < 1.29 is 14.3 Å². The smallest absolute Gasteiger partial charge is 0.319 e. The summed E-state index contributed by atoms with van der Waals surface area (Å²) in [5.41, 5.74) is 2.92. The second kappa shape index (κ2) is 6.60. The summed E-state index contributed by atoms with van der Waals surface area (Å²) in [6, 6.07) is 13.1. The maximum absolute atomic E-state index is 12.1. The number of anilines is 1. The molecule has 2 N–H and O–H groups in total. The van der Waals surface area contributed by atoms with Crippen LogP contribution in [0.5, 0.6) is 11.5 Å². The highest BCUT2D eigenvalue weighted by Crippen LogP contribution is 2.28. The minimum Gasteiger partial charge on any atom is -0.497 e. The van der Waals surface area contributed by atoms with Crippen molar-refractivity contribution in [2.24, 2.45) is 0 Å². The van der Waals surface area contributed by atoms with Crippen LogP contribution in [0.4, 0.5) is 10.5 Å². The van der Waals surface area contributed by atoms with E-state index in [1.807, 2.05) is 49.4 Å². The van der Waals surface area contributed by atoms with Crippen molar-refractivity contribution in [1.82, 2.24) is 5.32 Å². The van der Waals surface area contributed by atoms with Crippen LogP contribution in [-0.2, 0) is 6.42 Å². The van der Waals surface area contributed by atoms with E-state index in [0.717, 1.165) is 28.3 Å². The molecule has 0 saturated carbocycles. The van der Waals surface area contributed by atoms with E-state index in [1.165, 1.54) is 0 Å². The van der Waals surface area contributed by atoms with Gasteiger partial charge < -0.3 is 20.1 Å². The highest BCUT2D eigenvalue weighted by atomic mass is 16.5. The first-order valence-electron chi connectivity index (χ1n) is 7.58. The Labute approximate surface area is 135 Å². The van der Waals surface area contributed by atoms with Crippen LogP contribution in [0.25, 0.3) is 0 Å². The van der Waals surface area contributed by atoms with Crippen LogP contribution >= 0.6 is 0 Å². The predicted octanol–water partition coefficient (Wildman–Crippen LogP) is 3.13. The number of carbonyl (C=O) groups is 1. The Balaban J connectivity index is 1.61. The molecule has 1 heterocycles. The zero-order valence-electron chi connectivity index (χ0n) is 13.3. The summed E-state index contributed by atoms with van der Waals surface area (Å²) in [4.78, 5) is 12.1. The molecule has 120 valence electrons. The molecule has 1 aliphatic heterocycles. The molecule has 0 fully saturated rings. The van der Waals surface area contributed by atoms with Gasteiger partial charge in [-0.05, 0) is 54.8 Å². The Morgan fingerprint density at radius 3 is 2.91 bits per heavy atom. The Bertz CT molecular complexity index is 715. The summed E-state index contributed by atoms with van der Waals surface area (Å²) < 4.78 is 10.9. The minimum atomic E-state index is -0.226. The first kappa shape index (κ1) is 15.2. The lowest BCUT2D eigenvalue weighted by molar-refractivity contribution is 0.222. The molecule has 2 amide bonds. The predicted molar refractivity (Wildman–Crippen MR) is 89.3 cm³/mol. The van der Waals surface area contributed by atoms with Crippen molar-refractivity contribution >= 4 is 11.7 Å². The second-order valence-corrected chi connectivity index (χ2v) is 5.65. The summed E-state index contributed by atoms with van der Waals surface area (Å²) in [5, 5.41) is 5.80. The molecule has 0 saturated heterocycles. The van der Waals surface area contributed by atoms with Gasteiger partial charge >= 0.3 is 6.03 Å². The number of rotatable bonds is 3. The molecule has 0 aromatic heterocycles. The largest absolute Gasteiger partial charge is 0.497 e. The number of hydrogen-bond donors (Lipinski definition) is 2. The Morgan fingerprint density at radius 2 is 2.13 bits per heavy atom. The molecule has 2 aromatic rings. The number of amides is 2. The number of benzene rings is 2. The molecule has 23 heavy (non-hydrogen) atoms. The number of fused-ring (bicyclic) bond motifs is 1. The normalized spacial score (nSPS) is 16.0. The topological polar surface area (TPSA) is 59.6 Å². The third-order valence-corrected chi connectivity index (χ3v) is 3.79. The summed E-state index contributed by atoms with van der Waals surface area (Å²) in [7, 11) is 1.64. The Morgan fingerprint density at radius 1 is 1.26 bits per heavy atom. The minimum absolute atomic E-state index is 0.0700. The van der Waals surface area contributed by atoms with E-state index in [0.29, 0.717) is 13.0 Å². The van der Waals surface area contributed by atoms with Gasteiger partial charge in [0.25, 0.3) is 0 Å². The summed E-state index contributed by atoms with van der Waals surface area (Å²) in [5.74, 6) is 1.64.